The van der Waals surface area contributed by atoms with Gasteiger partial charge in [-0.3, -0.25) is 14.5 Å². The molecular formula is C33H30N2O5. The molecule has 202 valence electrons. The summed E-state index contributed by atoms with van der Waals surface area (Å²) < 4.78 is 5.73. The summed E-state index contributed by atoms with van der Waals surface area (Å²) in [5.74, 6) is -0.768. The van der Waals surface area contributed by atoms with Crippen molar-refractivity contribution in [2.24, 2.45) is 5.92 Å². The Bertz CT molecular complexity index is 1530. The number of aromatic hydroxyl groups is 1. The zero-order chi connectivity index (χ0) is 28.2. The molecule has 1 amide bonds. The highest BCUT2D eigenvalue weighted by Gasteiger charge is 2.47. The molecule has 1 aliphatic heterocycles. The summed E-state index contributed by atoms with van der Waals surface area (Å²) in [5.41, 5.74) is 3.16. The van der Waals surface area contributed by atoms with Crippen molar-refractivity contribution in [1.82, 2.24) is 0 Å². The van der Waals surface area contributed by atoms with Gasteiger partial charge in [0.05, 0.1) is 18.2 Å². The number of aliphatic hydroxyl groups excluding tert-OH is 1. The van der Waals surface area contributed by atoms with E-state index in [2.05, 4.69) is 19.2 Å². The van der Waals surface area contributed by atoms with Gasteiger partial charge in [-0.25, -0.2) is 0 Å². The van der Waals surface area contributed by atoms with Crippen molar-refractivity contribution < 1.29 is 24.5 Å². The van der Waals surface area contributed by atoms with Crippen LogP contribution in [0.2, 0.25) is 0 Å². The molecule has 0 radical (unpaired) electrons. The van der Waals surface area contributed by atoms with E-state index in [0.29, 0.717) is 35.1 Å². The molecule has 0 aromatic heterocycles. The summed E-state index contributed by atoms with van der Waals surface area (Å²) in [6.07, 6.45) is 0. The number of phenols is 1. The number of nitrogens with zero attached hydrogens (tertiary/aromatic N) is 1. The van der Waals surface area contributed by atoms with Crippen LogP contribution in [0.4, 0.5) is 17.1 Å². The van der Waals surface area contributed by atoms with E-state index in [0.717, 1.165) is 11.4 Å². The average molecular weight is 535 g/mol. The average Bonchev–Trinajstić information content (AvgIpc) is 3.23. The van der Waals surface area contributed by atoms with Crippen molar-refractivity contribution in [2.45, 2.75) is 19.9 Å². The predicted octanol–water partition coefficient (Wildman–Crippen LogP) is 6.80. The van der Waals surface area contributed by atoms with Gasteiger partial charge >= 0.3 is 0 Å². The number of anilines is 3. The predicted molar refractivity (Wildman–Crippen MR) is 156 cm³/mol. The van der Waals surface area contributed by atoms with Crippen LogP contribution in [0.25, 0.3) is 5.76 Å². The van der Waals surface area contributed by atoms with E-state index in [1.807, 2.05) is 42.5 Å². The van der Waals surface area contributed by atoms with Gasteiger partial charge in [0.15, 0.2) is 0 Å². The molecule has 0 bridgehead atoms. The SMILES string of the molecule is CC(C)COc1ccc(/C(O)=C2\C(=O)C(=O)N(c3ccc(Nc4ccccc4)cc3)C2c2ccc(O)cc2)cc1. The van der Waals surface area contributed by atoms with Gasteiger partial charge in [-0.15, -0.1) is 0 Å². The molecule has 5 rings (SSSR count). The summed E-state index contributed by atoms with van der Waals surface area (Å²) in [6.45, 7) is 4.66. The Balaban J connectivity index is 1.52. The number of rotatable bonds is 8. The highest BCUT2D eigenvalue weighted by atomic mass is 16.5. The number of carbonyl (C=O) groups excluding carboxylic acids is 2. The van der Waals surface area contributed by atoms with Crippen molar-refractivity contribution in [3.8, 4) is 11.5 Å². The number of Topliss-reactive ketones (excluding diaryl/α,β-unsaturated/α-hetero) is 1. The number of ketones is 1. The number of hydrogen-bond donors (Lipinski definition) is 3. The lowest BCUT2D eigenvalue weighted by molar-refractivity contribution is -0.132. The lowest BCUT2D eigenvalue weighted by atomic mass is 9.95. The Morgan fingerprint density at radius 2 is 1.48 bits per heavy atom. The van der Waals surface area contributed by atoms with E-state index in [1.165, 1.54) is 17.0 Å². The van der Waals surface area contributed by atoms with Crippen LogP contribution in [0, 0.1) is 5.92 Å². The first kappa shape index (κ1) is 26.6. The van der Waals surface area contributed by atoms with Gasteiger partial charge in [-0.2, -0.15) is 0 Å². The molecule has 7 heteroatoms. The third kappa shape index (κ3) is 5.54. The molecule has 0 aliphatic carbocycles. The maximum absolute atomic E-state index is 13.4. The molecule has 7 nitrogen and oxygen atoms in total. The minimum absolute atomic E-state index is 0.0296. The van der Waals surface area contributed by atoms with Gasteiger partial charge in [0.25, 0.3) is 11.7 Å². The quantitative estimate of drug-likeness (QED) is 0.131. The van der Waals surface area contributed by atoms with Crippen LogP contribution >= 0.6 is 0 Å². The monoisotopic (exact) mass is 534 g/mol. The Hall–Kier alpha value is -5.04. The summed E-state index contributed by atoms with van der Waals surface area (Å²) >= 11 is 0. The maximum Gasteiger partial charge on any atom is 0.300 e. The summed E-state index contributed by atoms with van der Waals surface area (Å²) in [6, 6.07) is 29.0. The second-order valence-electron chi connectivity index (χ2n) is 10.0. The van der Waals surface area contributed by atoms with Gasteiger partial charge in [-0.05, 0) is 84.3 Å². The third-order valence-electron chi connectivity index (χ3n) is 6.57. The number of phenolic OH excluding ortho intramolecular Hbond substituents is 1. The number of benzene rings is 4. The number of nitrogens with one attached hydrogen (secondary N) is 1. The van der Waals surface area contributed by atoms with E-state index >= 15 is 0 Å². The third-order valence-corrected chi connectivity index (χ3v) is 6.57. The van der Waals surface area contributed by atoms with Gasteiger partial charge in [-0.1, -0.05) is 44.2 Å². The summed E-state index contributed by atoms with van der Waals surface area (Å²) in [7, 11) is 0. The molecule has 1 heterocycles. The second-order valence-corrected chi connectivity index (χ2v) is 10.0. The summed E-state index contributed by atoms with van der Waals surface area (Å²) in [5, 5.41) is 24.5. The van der Waals surface area contributed by atoms with Crippen molar-refractivity contribution in [2.75, 3.05) is 16.8 Å². The molecule has 1 saturated heterocycles. The fourth-order valence-electron chi connectivity index (χ4n) is 4.59. The van der Waals surface area contributed by atoms with E-state index < -0.39 is 17.7 Å². The number of para-hydroxylation sites is 1. The lowest BCUT2D eigenvalue weighted by Crippen LogP contribution is -2.29. The second kappa shape index (κ2) is 11.4. The van der Waals surface area contributed by atoms with Crippen molar-refractivity contribution in [3.05, 3.63) is 120 Å². The van der Waals surface area contributed by atoms with Crippen molar-refractivity contribution in [3.63, 3.8) is 0 Å². The first-order valence-corrected chi connectivity index (χ1v) is 13.1. The van der Waals surface area contributed by atoms with Crippen LogP contribution in [-0.2, 0) is 9.59 Å². The molecular weight excluding hydrogens is 504 g/mol. The van der Waals surface area contributed by atoms with Crippen LogP contribution in [0.5, 0.6) is 11.5 Å². The van der Waals surface area contributed by atoms with Crippen molar-refractivity contribution in [1.29, 1.82) is 0 Å². The first-order chi connectivity index (χ1) is 19.3. The molecule has 1 aliphatic rings. The summed E-state index contributed by atoms with van der Waals surface area (Å²) in [4.78, 5) is 28.2. The number of aliphatic hydroxyl groups is 1. The van der Waals surface area contributed by atoms with E-state index in [-0.39, 0.29) is 17.1 Å². The largest absolute Gasteiger partial charge is 0.508 e. The molecule has 1 unspecified atom stereocenters. The highest BCUT2D eigenvalue weighted by Crippen LogP contribution is 2.42. The Labute approximate surface area is 233 Å². The molecule has 1 atom stereocenters. The van der Waals surface area contributed by atoms with Crippen LogP contribution in [0.1, 0.15) is 31.0 Å². The van der Waals surface area contributed by atoms with Crippen LogP contribution in [0.15, 0.2) is 109 Å². The standard InChI is InChI=1S/C33H30N2O5/c1-21(2)20-40-28-18-10-23(11-19-28)31(37)29-30(22-8-16-27(36)17-9-22)35(33(39)32(29)38)26-14-12-25(13-15-26)34-24-6-4-3-5-7-24/h3-19,21,30,34,36-37H,20H2,1-2H3/b31-29+. The van der Waals surface area contributed by atoms with E-state index in [9.17, 15) is 19.8 Å². The zero-order valence-corrected chi connectivity index (χ0v) is 22.2. The smallest absolute Gasteiger partial charge is 0.300 e. The maximum atomic E-state index is 13.4. The first-order valence-electron chi connectivity index (χ1n) is 13.1. The number of ether oxygens (including phenoxy) is 1. The van der Waals surface area contributed by atoms with E-state index in [4.69, 9.17) is 4.74 Å². The van der Waals surface area contributed by atoms with Gasteiger partial charge in [0.2, 0.25) is 0 Å². The zero-order valence-electron chi connectivity index (χ0n) is 22.2. The number of amides is 1. The highest BCUT2D eigenvalue weighted by molar-refractivity contribution is 6.51. The molecule has 4 aromatic rings. The fraction of sp³-hybridized carbons (Fsp3) is 0.152. The molecule has 0 spiro atoms. The Morgan fingerprint density at radius 3 is 2.10 bits per heavy atom. The van der Waals surface area contributed by atoms with Crippen LogP contribution < -0.4 is 15.0 Å². The minimum atomic E-state index is -0.898. The molecule has 40 heavy (non-hydrogen) atoms. The molecule has 1 fully saturated rings. The Kier molecular flexibility index (Phi) is 7.55. The lowest BCUT2D eigenvalue weighted by Gasteiger charge is -2.25. The van der Waals surface area contributed by atoms with Gasteiger partial charge < -0.3 is 20.3 Å². The molecule has 0 saturated carbocycles. The van der Waals surface area contributed by atoms with Crippen LogP contribution in [0.3, 0.4) is 0 Å². The number of hydrogen-bond acceptors (Lipinski definition) is 6. The molecule has 3 N–H and O–H groups in total. The normalized spacial score (nSPS) is 16.4. The minimum Gasteiger partial charge on any atom is -0.508 e. The number of carbonyl (C=O) groups is 2. The van der Waals surface area contributed by atoms with Crippen molar-refractivity contribution >= 4 is 34.5 Å². The van der Waals surface area contributed by atoms with E-state index in [1.54, 1.807) is 48.5 Å². The Morgan fingerprint density at radius 1 is 0.850 bits per heavy atom. The van der Waals surface area contributed by atoms with Gasteiger partial charge in [0, 0.05) is 22.6 Å². The van der Waals surface area contributed by atoms with Crippen LogP contribution in [-0.4, -0.2) is 28.5 Å². The molecule has 4 aromatic carbocycles. The van der Waals surface area contributed by atoms with Gasteiger partial charge in [0.1, 0.15) is 17.3 Å². The topological polar surface area (TPSA) is 99.1 Å². The fourth-order valence-corrected chi connectivity index (χ4v) is 4.59.